The van der Waals surface area contributed by atoms with Gasteiger partial charge in [-0.1, -0.05) is 12.1 Å². The molecule has 1 atom stereocenters. The summed E-state index contributed by atoms with van der Waals surface area (Å²) in [5.74, 6) is -0.289. The van der Waals surface area contributed by atoms with Gasteiger partial charge in [0.2, 0.25) is 5.91 Å². The molecule has 2 aromatic rings. The van der Waals surface area contributed by atoms with Crippen LogP contribution in [0.4, 0.5) is 5.69 Å². The second-order valence-corrected chi connectivity index (χ2v) is 4.47. The first-order valence-electron chi connectivity index (χ1n) is 6.29. The number of carbonyl (C=O) groups is 1. The number of para-hydroxylation sites is 2. The predicted octanol–water partition coefficient (Wildman–Crippen LogP) is 1.51. The maximum Gasteiger partial charge on any atom is 0.243 e. The van der Waals surface area contributed by atoms with Crippen LogP contribution >= 0.6 is 12.4 Å². The van der Waals surface area contributed by atoms with Gasteiger partial charge < -0.3 is 15.8 Å². The Hall–Kier alpha value is -1.89. The smallest absolute Gasteiger partial charge is 0.243 e. The van der Waals surface area contributed by atoms with Gasteiger partial charge in [-0.05, 0) is 25.1 Å². The molecule has 0 spiro atoms. The van der Waals surface area contributed by atoms with E-state index in [9.17, 15) is 4.79 Å². The van der Waals surface area contributed by atoms with Crippen LogP contribution in [0.15, 0.2) is 36.5 Å². The molecule has 7 heteroatoms. The van der Waals surface area contributed by atoms with Gasteiger partial charge in [0.1, 0.15) is 6.04 Å². The zero-order chi connectivity index (χ0) is 14.5. The molecule has 1 aromatic carbocycles. The zero-order valence-corrected chi connectivity index (χ0v) is 12.8. The number of benzene rings is 1. The highest BCUT2D eigenvalue weighted by atomic mass is 35.5. The van der Waals surface area contributed by atoms with Crippen LogP contribution in [-0.4, -0.2) is 35.4 Å². The van der Waals surface area contributed by atoms with Crippen molar-refractivity contribution in [2.45, 2.75) is 13.0 Å². The number of nitrogens with one attached hydrogen (secondary N) is 1. The third-order valence-electron chi connectivity index (χ3n) is 2.81. The number of carbonyl (C=O) groups excluding carboxylic acids is 1. The van der Waals surface area contributed by atoms with Crippen molar-refractivity contribution in [1.29, 1.82) is 0 Å². The number of ether oxygens (including phenoxy) is 1. The van der Waals surface area contributed by atoms with Gasteiger partial charge in [-0.2, -0.15) is 5.10 Å². The summed E-state index contributed by atoms with van der Waals surface area (Å²) in [4.78, 5) is 11.9. The molecule has 21 heavy (non-hydrogen) atoms. The molecule has 0 bridgehead atoms. The Bertz CT molecular complexity index is 600. The highest BCUT2D eigenvalue weighted by molar-refractivity contribution is 5.96. The van der Waals surface area contributed by atoms with Gasteiger partial charge in [-0.3, -0.25) is 4.79 Å². The molecule has 0 saturated carbocycles. The molecule has 2 rings (SSSR count). The summed E-state index contributed by atoms with van der Waals surface area (Å²) in [6.45, 7) is 2.08. The molecule has 3 N–H and O–H groups in total. The number of nitrogens with two attached hydrogens (primary N) is 1. The lowest BCUT2D eigenvalue weighted by atomic mass is 10.2. The van der Waals surface area contributed by atoms with E-state index < -0.39 is 6.04 Å². The van der Waals surface area contributed by atoms with E-state index in [2.05, 4.69) is 10.4 Å². The van der Waals surface area contributed by atoms with Crippen LogP contribution in [0.5, 0.6) is 0 Å². The lowest BCUT2D eigenvalue weighted by Gasteiger charge is -2.14. The maximum atomic E-state index is 11.9. The summed E-state index contributed by atoms with van der Waals surface area (Å²) < 4.78 is 6.59. The standard InChI is InChI=1S/C14H18N4O2.ClH/c1-10-7-8-18(17-10)13-6-4-3-5-12(13)16-14(19)11(15)9-20-2;/h3-8,11H,9,15H2,1-2H3,(H,16,19);1H. The average molecular weight is 311 g/mol. The van der Waals surface area contributed by atoms with E-state index in [1.54, 1.807) is 4.68 Å². The number of hydrogen-bond donors (Lipinski definition) is 2. The molecule has 114 valence electrons. The van der Waals surface area contributed by atoms with Crippen LogP contribution < -0.4 is 11.1 Å². The molecule has 1 unspecified atom stereocenters. The quantitative estimate of drug-likeness (QED) is 0.877. The molecule has 1 amide bonds. The Morgan fingerprint density at radius 1 is 1.43 bits per heavy atom. The normalized spacial score (nSPS) is 11.6. The Labute approximate surface area is 129 Å². The highest BCUT2D eigenvalue weighted by Crippen LogP contribution is 2.19. The minimum atomic E-state index is -0.701. The first-order chi connectivity index (χ1) is 9.61. The largest absolute Gasteiger partial charge is 0.383 e. The van der Waals surface area contributed by atoms with Gasteiger partial charge in [0.05, 0.1) is 23.7 Å². The monoisotopic (exact) mass is 310 g/mol. The van der Waals surface area contributed by atoms with Crippen molar-refractivity contribution in [3.8, 4) is 5.69 Å². The van der Waals surface area contributed by atoms with Crippen molar-refractivity contribution in [3.63, 3.8) is 0 Å². The Morgan fingerprint density at radius 3 is 2.76 bits per heavy atom. The van der Waals surface area contributed by atoms with E-state index in [1.165, 1.54) is 7.11 Å². The summed E-state index contributed by atoms with van der Waals surface area (Å²) in [6, 6.07) is 8.62. The minimum absolute atomic E-state index is 0. The Kier molecular flexibility index (Phi) is 6.36. The molecule has 0 aliphatic rings. The third kappa shape index (κ3) is 4.29. The summed E-state index contributed by atoms with van der Waals surface area (Å²) in [6.07, 6.45) is 1.84. The fourth-order valence-corrected chi connectivity index (χ4v) is 1.81. The predicted molar refractivity (Wildman–Crippen MR) is 84.0 cm³/mol. The summed E-state index contributed by atoms with van der Waals surface area (Å²) >= 11 is 0. The van der Waals surface area contributed by atoms with Crippen LogP contribution in [0, 0.1) is 6.92 Å². The average Bonchev–Trinajstić information content (AvgIpc) is 2.86. The van der Waals surface area contributed by atoms with Gasteiger partial charge >= 0.3 is 0 Å². The molecular formula is C14H19ClN4O2. The number of halogens is 1. The molecule has 1 heterocycles. The third-order valence-corrected chi connectivity index (χ3v) is 2.81. The molecule has 6 nitrogen and oxygen atoms in total. The first-order valence-corrected chi connectivity index (χ1v) is 6.29. The van der Waals surface area contributed by atoms with E-state index in [0.29, 0.717) is 5.69 Å². The molecule has 0 saturated heterocycles. The number of anilines is 1. The molecular weight excluding hydrogens is 292 g/mol. The number of methoxy groups -OCH3 is 1. The van der Waals surface area contributed by atoms with Crippen LogP contribution in [0.2, 0.25) is 0 Å². The number of aromatic nitrogens is 2. The van der Waals surface area contributed by atoms with Crippen molar-refractivity contribution in [2.75, 3.05) is 19.0 Å². The van der Waals surface area contributed by atoms with Crippen molar-refractivity contribution >= 4 is 24.0 Å². The maximum absolute atomic E-state index is 11.9. The van der Waals surface area contributed by atoms with Gasteiger partial charge in [0, 0.05) is 13.3 Å². The van der Waals surface area contributed by atoms with E-state index in [0.717, 1.165) is 11.4 Å². The lowest BCUT2D eigenvalue weighted by Crippen LogP contribution is -2.39. The van der Waals surface area contributed by atoms with Crippen LogP contribution in [-0.2, 0) is 9.53 Å². The SMILES string of the molecule is COCC(N)C(=O)Nc1ccccc1-n1ccc(C)n1.Cl. The highest BCUT2D eigenvalue weighted by Gasteiger charge is 2.15. The second kappa shape index (κ2) is 7.78. The van der Waals surface area contributed by atoms with Crippen LogP contribution in [0.25, 0.3) is 5.69 Å². The summed E-state index contributed by atoms with van der Waals surface area (Å²) in [5, 5.41) is 7.14. The van der Waals surface area contributed by atoms with Crippen molar-refractivity contribution < 1.29 is 9.53 Å². The van der Waals surface area contributed by atoms with Crippen LogP contribution in [0.1, 0.15) is 5.69 Å². The molecule has 0 fully saturated rings. The fraction of sp³-hybridized carbons (Fsp3) is 0.286. The number of nitrogens with zero attached hydrogens (tertiary/aromatic N) is 2. The van der Waals surface area contributed by atoms with Gasteiger partial charge in [0.15, 0.2) is 0 Å². The molecule has 0 aliphatic heterocycles. The number of hydrogen-bond acceptors (Lipinski definition) is 4. The van der Waals surface area contributed by atoms with Crippen molar-refractivity contribution in [3.05, 3.63) is 42.2 Å². The van der Waals surface area contributed by atoms with Crippen molar-refractivity contribution in [2.24, 2.45) is 5.73 Å². The second-order valence-electron chi connectivity index (χ2n) is 4.47. The van der Waals surface area contributed by atoms with E-state index in [1.807, 2.05) is 43.5 Å². The van der Waals surface area contributed by atoms with E-state index >= 15 is 0 Å². The molecule has 0 aliphatic carbocycles. The molecule has 1 aromatic heterocycles. The Morgan fingerprint density at radius 2 is 2.14 bits per heavy atom. The number of rotatable bonds is 5. The lowest BCUT2D eigenvalue weighted by molar-refractivity contribution is -0.118. The summed E-state index contributed by atoms with van der Waals surface area (Å²) in [7, 11) is 1.51. The van der Waals surface area contributed by atoms with Gasteiger partial charge in [0.25, 0.3) is 0 Å². The fourth-order valence-electron chi connectivity index (χ4n) is 1.81. The van der Waals surface area contributed by atoms with Gasteiger partial charge in [-0.15, -0.1) is 12.4 Å². The topological polar surface area (TPSA) is 82.2 Å². The van der Waals surface area contributed by atoms with E-state index in [4.69, 9.17) is 10.5 Å². The van der Waals surface area contributed by atoms with Crippen LogP contribution in [0.3, 0.4) is 0 Å². The first kappa shape index (κ1) is 17.2. The van der Waals surface area contributed by atoms with E-state index in [-0.39, 0.29) is 24.9 Å². The zero-order valence-electron chi connectivity index (χ0n) is 11.9. The van der Waals surface area contributed by atoms with Gasteiger partial charge in [-0.25, -0.2) is 4.68 Å². The number of aryl methyl sites for hydroxylation is 1. The number of amides is 1. The summed E-state index contributed by atoms with van der Waals surface area (Å²) in [5.41, 5.74) is 8.06. The Balaban J connectivity index is 0.00000220. The van der Waals surface area contributed by atoms with Crippen molar-refractivity contribution in [1.82, 2.24) is 9.78 Å². The minimum Gasteiger partial charge on any atom is -0.383 e. The molecule has 0 radical (unpaired) electrons.